The van der Waals surface area contributed by atoms with Crippen LogP contribution in [0.15, 0.2) is 4.79 Å². The van der Waals surface area contributed by atoms with E-state index in [1.165, 1.54) is 4.57 Å². The van der Waals surface area contributed by atoms with E-state index in [0.29, 0.717) is 24.7 Å². The molecular weight excluding hydrogens is 405 g/mol. The number of anilines is 3. The van der Waals surface area contributed by atoms with Gasteiger partial charge in [0.15, 0.2) is 5.82 Å². The van der Waals surface area contributed by atoms with Crippen LogP contribution in [0.25, 0.3) is 0 Å². The number of fused-ring (bicyclic) bond motifs is 1. The van der Waals surface area contributed by atoms with E-state index < -0.39 is 6.10 Å². The Labute approximate surface area is 145 Å². The summed E-state index contributed by atoms with van der Waals surface area (Å²) >= 11 is 0. The van der Waals surface area contributed by atoms with Crippen LogP contribution >= 0.6 is 24.0 Å². The number of aliphatic hydroxyl groups excluding tert-OH is 2. The Balaban J connectivity index is 0.00000242. The van der Waals surface area contributed by atoms with Gasteiger partial charge in [-0.3, -0.25) is 9.36 Å². The van der Waals surface area contributed by atoms with Crippen LogP contribution in [-0.2, 0) is 11.8 Å². The number of aromatic nitrogens is 2. The van der Waals surface area contributed by atoms with Crippen LogP contribution in [0.2, 0.25) is 0 Å². The van der Waals surface area contributed by atoms with Crippen molar-refractivity contribution in [3.05, 3.63) is 10.4 Å². The minimum absolute atomic E-state index is 0. The predicted molar refractivity (Wildman–Crippen MR) is 93.6 cm³/mol. The minimum atomic E-state index is -0.659. The zero-order valence-electron chi connectivity index (χ0n) is 12.6. The Bertz CT molecular complexity index is 563. The number of halogens is 1. The topological polar surface area (TPSA) is 117 Å². The summed E-state index contributed by atoms with van der Waals surface area (Å²) in [5.74, 6) is 0.592. The molecule has 0 radical (unpaired) electrons. The maximum Gasteiger partial charge on any atom is 0.280 e. The summed E-state index contributed by atoms with van der Waals surface area (Å²) in [7, 11) is 1.57. The lowest BCUT2D eigenvalue weighted by atomic mass is 10.4. The van der Waals surface area contributed by atoms with Gasteiger partial charge in [0.25, 0.3) is 5.56 Å². The summed E-state index contributed by atoms with van der Waals surface area (Å²) in [6.07, 6.45) is -0.659. The van der Waals surface area contributed by atoms with Crippen molar-refractivity contribution in [3.8, 4) is 0 Å². The highest BCUT2D eigenvalue weighted by molar-refractivity contribution is 14.0. The Hall–Kier alpha value is -1.11. The molecule has 10 heteroatoms. The van der Waals surface area contributed by atoms with Gasteiger partial charge in [0.2, 0.25) is 5.95 Å². The van der Waals surface area contributed by atoms with E-state index in [9.17, 15) is 4.79 Å². The first-order chi connectivity index (χ1) is 10.0. The number of hydrogen-bond acceptors (Lipinski definition) is 8. The van der Waals surface area contributed by atoms with Gasteiger partial charge in [-0.05, 0) is 6.92 Å². The molecule has 1 aromatic heterocycles. The van der Waals surface area contributed by atoms with Crippen LogP contribution < -0.4 is 21.1 Å². The monoisotopic (exact) mass is 427 g/mol. The van der Waals surface area contributed by atoms with Crippen LogP contribution in [0.3, 0.4) is 0 Å². The molecule has 0 saturated carbocycles. The highest BCUT2D eigenvalue weighted by atomic mass is 127. The fourth-order valence-electron chi connectivity index (χ4n) is 2.15. The molecule has 1 aliphatic rings. The Kier molecular flexibility index (Phi) is 6.84. The van der Waals surface area contributed by atoms with Crippen molar-refractivity contribution < 1.29 is 14.9 Å². The Morgan fingerprint density at radius 2 is 2.00 bits per heavy atom. The highest BCUT2D eigenvalue weighted by Gasteiger charge is 2.31. The molecule has 1 aliphatic heterocycles. The maximum absolute atomic E-state index is 12.3. The van der Waals surface area contributed by atoms with E-state index in [4.69, 9.17) is 20.7 Å². The Morgan fingerprint density at radius 3 is 2.55 bits per heavy atom. The molecule has 1 aromatic rings. The largest absolute Gasteiger partial charge is 0.394 e. The van der Waals surface area contributed by atoms with Gasteiger partial charge in [-0.1, -0.05) is 0 Å². The molecule has 2 heterocycles. The lowest BCUT2D eigenvalue weighted by Crippen LogP contribution is -2.36. The second-order valence-corrected chi connectivity index (χ2v) is 4.83. The predicted octanol–water partition coefficient (Wildman–Crippen LogP) is -1.09. The number of rotatable bonds is 6. The van der Waals surface area contributed by atoms with Crippen molar-refractivity contribution in [1.29, 1.82) is 0 Å². The summed E-state index contributed by atoms with van der Waals surface area (Å²) in [6.45, 7) is 2.58. The second kappa shape index (κ2) is 7.94. The number of nitrogen functional groups attached to an aromatic ring is 1. The zero-order valence-corrected chi connectivity index (χ0v) is 14.9. The van der Waals surface area contributed by atoms with Gasteiger partial charge < -0.3 is 30.5 Å². The van der Waals surface area contributed by atoms with Gasteiger partial charge >= 0.3 is 0 Å². The van der Waals surface area contributed by atoms with Crippen LogP contribution in [0.4, 0.5) is 17.5 Å². The molecule has 4 N–H and O–H groups in total. The number of nitrogens with two attached hydrogens (primary N) is 1. The average Bonchev–Trinajstić information content (AvgIpc) is 2.84. The summed E-state index contributed by atoms with van der Waals surface area (Å²) < 4.78 is 6.70. The molecule has 0 fully saturated rings. The number of ether oxygens (including phenoxy) is 1. The van der Waals surface area contributed by atoms with Crippen LogP contribution in [0.5, 0.6) is 0 Å². The normalized spacial score (nSPS) is 13.5. The van der Waals surface area contributed by atoms with E-state index in [1.807, 2.05) is 11.8 Å². The number of aliphatic hydroxyl groups is 2. The first-order valence-electron chi connectivity index (χ1n) is 6.73. The van der Waals surface area contributed by atoms with E-state index in [2.05, 4.69) is 4.98 Å². The van der Waals surface area contributed by atoms with E-state index >= 15 is 0 Å². The van der Waals surface area contributed by atoms with Crippen molar-refractivity contribution in [2.24, 2.45) is 7.05 Å². The smallest absolute Gasteiger partial charge is 0.280 e. The third-order valence-electron chi connectivity index (χ3n) is 3.50. The lowest BCUT2D eigenvalue weighted by Gasteiger charge is -2.22. The van der Waals surface area contributed by atoms with Crippen molar-refractivity contribution in [3.63, 3.8) is 0 Å². The van der Waals surface area contributed by atoms with E-state index in [1.54, 1.807) is 11.9 Å². The minimum Gasteiger partial charge on any atom is -0.394 e. The molecular formula is C12H22IN5O4. The standard InChI is InChI=1S/C12H21N5O4.HI/c1-3-16-6-17(7-21-8(4-18)5-19)10-9(16)11(20)15(2)12(13)14-10;/h8,18-19H,3-7H2,1-2H3,(H2,13,14);1H. The SMILES string of the molecule is CCN1CN(COC(CO)CO)c2nc(N)n(C)c(=O)c21.I. The number of hydrogen-bond donors (Lipinski definition) is 3. The molecule has 0 amide bonds. The van der Waals surface area contributed by atoms with E-state index in [-0.39, 0.29) is 55.4 Å². The highest BCUT2D eigenvalue weighted by Crippen LogP contribution is 2.31. The zero-order chi connectivity index (χ0) is 15.6. The third kappa shape index (κ3) is 3.45. The molecule has 9 nitrogen and oxygen atoms in total. The van der Waals surface area contributed by atoms with Crippen molar-refractivity contribution in [2.75, 3.05) is 48.7 Å². The quantitative estimate of drug-likeness (QED) is 0.491. The van der Waals surface area contributed by atoms with Crippen LogP contribution in [0.1, 0.15) is 6.92 Å². The molecule has 22 heavy (non-hydrogen) atoms. The first-order valence-corrected chi connectivity index (χ1v) is 6.73. The van der Waals surface area contributed by atoms with E-state index in [0.717, 1.165) is 0 Å². The summed E-state index contributed by atoms with van der Waals surface area (Å²) in [5, 5.41) is 18.0. The third-order valence-corrected chi connectivity index (χ3v) is 3.50. The molecule has 126 valence electrons. The molecule has 0 atom stereocenters. The molecule has 0 unspecified atom stereocenters. The Morgan fingerprint density at radius 1 is 1.36 bits per heavy atom. The first kappa shape index (κ1) is 18.9. The summed E-state index contributed by atoms with van der Waals surface area (Å²) in [6, 6.07) is 0. The van der Waals surface area contributed by atoms with Crippen LogP contribution in [-0.4, -0.2) is 59.0 Å². The molecule has 0 aliphatic carbocycles. The maximum atomic E-state index is 12.3. The molecule has 0 bridgehead atoms. The summed E-state index contributed by atoms with van der Waals surface area (Å²) in [4.78, 5) is 20.2. The van der Waals surface area contributed by atoms with Gasteiger partial charge in [0.1, 0.15) is 18.5 Å². The van der Waals surface area contributed by atoms with Crippen molar-refractivity contribution >= 4 is 41.4 Å². The molecule has 0 spiro atoms. The van der Waals surface area contributed by atoms with Gasteiger partial charge in [-0.15, -0.1) is 24.0 Å². The lowest BCUT2D eigenvalue weighted by molar-refractivity contribution is -0.0188. The van der Waals surface area contributed by atoms with Gasteiger partial charge in [0.05, 0.1) is 19.9 Å². The van der Waals surface area contributed by atoms with Gasteiger partial charge in [-0.2, -0.15) is 4.98 Å². The molecule has 2 rings (SSSR count). The fourth-order valence-corrected chi connectivity index (χ4v) is 2.15. The molecule has 0 saturated heterocycles. The molecule has 0 aromatic carbocycles. The van der Waals surface area contributed by atoms with Crippen molar-refractivity contribution in [1.82, 2.24) is 9.55 Å². The van der Waals surface area contributed by atoms with Crippen LogP contribution in [0, 0.1) is 0 Å². The average molecular weight is 427 g/mol. The van der Waals surface area contributed by atoms with Gasteiger partial charge in [0, 0.05) is 13.6 Å². The van der Waals surface area contributed by atoms with Gasteiger partial charge in [-0.25, -0.2) is 0 Å². The second-order valence-electron chi connectivity index (χ2n) is 4.83. The number of nitrogens with zero attached hydrogens (tertiary/aromatic N) is 4. The fraction of sp³-hybridized carbons (Fsp3) is 0.667. The summed E-state index contributed by atoms with van der Waals surface area (Å²) in [5.41, 5.74) is 6.02. The van der Waals surface area contributed by atoms with Crippen molar-refractivity contribution in [2.45, 2.75) is 13.0 Å².